The summed E-state index contributed by atoms with van der Waals surface area (Å²) in [6.07, 6.45) is 2.40. The number of benzene rings is 1. The van der Waals surface area contributed by atoms with Crippen molar-refractivity contribution in [2.45, 2.75) is 13.3 Å². The number of hydrogen-bond acceptors (Lipinski definition) is 4. The zero-order valence-corrected chi connectivity index (χ0v) is 13.6. The van der Waals surface area contributed by atoms with Gasteiger partial charge in [0, 0.05) is 12.7 Å². The number of pyridine rings is 1. The zero-order valence-electron chi connectivity index (χ0n) is 13.6. The summed E-state index contributed by atoms with van der Waals surface area (Å²) in [4.78, 5) is 15.9. The molecule has 1 heterocycles. The van der Waals surface area contributed by atoms with Crippen molar-refractivity contribution in [2.24, 2.45) is 0 Å². The SMILES string of the molecule is COc1ccc(CCNC(=O)Nc2ccc(C)cn2)cc1OC. The van der Waals surface area contributed by atoms with Gasteiger partial charge in [-0.25, -0.2) is 9.78 Å². The highest BCUT2D eigenvalue weighted by Crippen LogP contribution is 2.27. The van der Waals surface area contributed by atoms with Crippen LogP contribution in [0.1, 0.15) is 11.1 Å². The number of aromatic nitrogens is 1. The number of urea groups is 1. The van der Waals surface area contributed by atoms with Gasteiger partial charge in [-0.2, -0.15) is 0 Å². The second-order valence-electron chi connectivity index (χ2n) is 5.04. The first kappa shape index (κ1) is 16.6. The van der Waals surface area contributed by atoms with E-state index in [2.05, 4.69) is 15.6 Å². The Kier molecular flexibility index (Phi) is 5.80. The Morgan fingerprint density at radius 2 is 1.91 bits per heavy atom. The first-order valence-electron chi connectivity index (χ1n) is 7.31. The molecule has 2 rings (SSSR count). The largest absolute Gasteiger partial charge is 0.493 e. The molecule has 0 aliphatic carbocycles. The molecule has 6 nitrogen and oxygen atoms in total. The molecule has 0 bridgehead atoms. The second kappa shape index (κ2) is 8.03. The molecule has 0 unspecified atom stereocenters. The third-order valence-corrected chi connectivity index (χ3v) is 3.30. The van der Waals surface area contributed by atoms with Crippen molar-refractivity contribution in [3.8, 4) is 11.5 Å². The molecule has 2 N–H and O–H groups in total. The van der Waals surface area contributed by atoms with Gasteiger partial charge >= 0.3 is 6.03 Å². The molecule has 0 atom stereocenters. The molecular formula is C17H21N3O3. The fourth-order valence-electron chi connectivity index (χ4n) is 2.06. The molecule has 122 valence electrons. The fourth-order valence-corrected chi connectivity index (χ4v) is 2.06. The molecule has 2 amide bonds. The van der Waals surface area contributed by atoms with Crippen molar-refractivity contribution < 1.29 is 14.3 Å². The van der Waals surface area contributed by atoms with Gasteiger partial charge in [0.15, 0.2) is 11.5 Å². The van der Waals surface area contributed by atoms with Crippen molar-refractivity contribution >= 4 is 11.8 Å². The average Bonchev–Trinajstić information content (AvgIpc) is 2.56. The molecule has 0 saturated heterocycles. The highest BCUT2D eigenvalue weighted by atomic mass is 16.5. The van der Waals surface area contributed by atoms with Gasteiger partial charge in [-0.3, -0.25) is 5.32 Å². The zero-order chi connectivity index (χ0) is 16.7. The van der Waals surface area contributed by atoms with E-state index < -0.39 is 0 Å². The number of methoxy groups -OCH3 is 2. The number of carbonyl (C=O) groups excluding carboxylic acids is 1. The number of nitrogens with one attached hydrogen (secondary N) is 2. The van der Waals surface area contributed by atoms with E-state index in [1.165, 1.54) is 0 Å². The normalized spacial score (nSPS) is 10.0. The predicted octanol–water partition coefficient (Wildman–Crippen LogP) is 2.77. The Hall–Kier alpha value is -2.76. The van der Waals surface area contributed by atoms with E-state index in [-0.39, 0.29) is 6.03 Å². The van der Waals surface area contributed by atoms with Crippen LogP contribution in [0, 0.1) is 6.92 Å². The molecule has 1 aromatic carbocycles. The number of nitrogens with zero attached hydrogens (tertiary/aromatic N) is 1. The van der Waals surface area contributed by atoms with E-state index in [9.17, 15) is 4.79 Å². The molecule has 0 radical (unpaired) electrons. The minimum absolute atomic E-state index is 0.276. The summed E-state index contributed by atoms with van der Waals surface area (Å²) in [5.74, 6) is 1.89. The van der Waals surface area contributed by atoms with E-state index >= 15 is 0 Å². The van der Waals surface area contributed by atoms with Gasteiger partial charge in [0.2, 0.25) is 0 Å². The Balaban J connectivity index is 1.82. The third kappa shape index (κ3) is 4.88. The molecular weight excluding hydrogens is 294 g/mol. The maximum atomic E-state index is 11.8. The lowest BCUT2D eigenvalue weighted by molar-refractivity contribution is 0.252. The molecule has 6 heteroatoms. The van der Waals surface area contributed by atoms with Gasteiger partial charge in [0.1, 0.15) is 5.82 Å². The summed E-state index contributed by atoms with van der Waals surface area (Å²) >= 11 is 0. The van der Waals surface area contributed by atoms with E-state index in [0.29, 0.717) is 30.3 Å². The third-order valence-electron chi connectivity index (χ3n) is 3.30. The van der Waals surface area contributed by atoms with Crippen LogP contribution in [0.25, 0.3) is 0 Å². The maximum absolute atomic E-state index is 11.8. The highest BCUT2D eigenvalue weighted by Gasteiger charge is 2.06. The van der Waals surface area contributed by atoms with Crippen LogP contribution in [0.2, 0.25) is 0 Å². The van der Waals surface area contributed by atoms with Crippen LogP contribution < -0.4 is 20.1 Å². The highest BCUT2D eigenvalue weighted by molar-refractivity contribution is 5.88. The lowest BCUT2D eigenvalue weighted by Gasteiger charge is -2.10. The van der Waals surface area contributed by atoms with Crippen molar-refractivity contribution in [3.05, 3.63) is 47.7 Å². The second-order valence-corrected chi connectivity index (χ2v) is 5.04. The number of rotatable bonds is 6. The number of aryl methyl sites for hydroxylation is 1. The van der Waals surface area contributed by atoms with E-state index in [1.54, 1.807) is 26.5 Å². The van der Waals surface area contributed by atoms with E-state index in [1.807, 2.05) is 31.2 Å². The monoisotopic (exact) mass is 315 g/mol. The van der Waals surface area contributed by atoms with Gasteiger partial charge in [-0.15, -0.1) is 0 Å². The number of anilines is 1. The smallest absolute Gasteiger partial charge is 0.320 e. The van der Waals surface area contributed by atoms with Crippen molar-refractivity contribution in [3.63, 3.8) is 0 Å². The first-order valence-corrected chi connectivity index (χ1v) is 7.31. The van der Waals surface area contributed by atoms with E-state index in [4.69, 9.17) is 9.47 Å². The standard InChI is InChI=1S/C17H21N3O3/c1-12-4-7-16(19-11-12)20-17(21)18-9-8-13-5-6-14(22-2)15(10-13)23-3/h4-7,10-11H,8-9H2,1-3H3,(H2,18,19,20,21). The molecule has 0 aliphatic heterocycles. The Morgan fingerprint density at radius 1 is 1.13 bits per heavy atom. The summed E-state index contributed by atoms with van der Waals surface area (Å²) in [7, 11) is 3.20. The van der Waals surface area contributed by atoms with Crippen LogP contribution in [-0.2, 0) is 6.42 Å². The lowest BCUT2D eigenvalue weighted by Crippen LogP contribution is -2.30. The average molecular weight is 315 g/mol. The predicted molar refractivity (Wildman–Crippen MR) is 89.2 cm³/mol. The first-order chi connectivity index (χ1) is 11.1. The Labute approximate surface area is 135 Å². The lowest BCUT2D eigenvalue weighted by atomic mass is 10.1. The molecule has 1 aromatic heterocycles. The van der Waals surface area contributed by atoms with Crippen LogP contribution >= 0.6 is 0 Å². The maximum Gasteiger partial charge on any atom is 0.320 e. The molecule has 23 heavy (non-hydrogen) atoms. The topological polar surface area (TPSA) is 72.5 Å². The summed E-state index contributed by atoms with van der Waals surface area (Å²) in [5.41, 5.74) is 2.10. The minimum Gasteiger partial charge on any atom is -0.493 e. The number of ether oxygens (including phenoxy) is 2. The van der Waals surface area contributed by atoms with Gasteiger partial charge in [-0.1, -0.05) is 12.1 Å². The van der Waals surface area contributed by atoms with Crippen LogP contribution in [0.4, 0.5) is 10.6 Å². The summed E-state index contributed by atoms with van der Waals surface area (Å²) in [6.45, 7) is 2.45. The minimum atomic E-state index is -0.276. The van der Waals surface area contributed by atoms with E-state index in [0.717, 1.165) is 11.1 Å². The van der Waals surface area contributed by atoms with Crippen LogP contribution in [0.5, 0.6) is 11.5 Å². The summed E-state index contributed by atoms with van der Waals surface area (Å²) in [5, 5.41) is 5.49. The molecule has 0 spiro atoms. The summed E-state index contributed by atoms with van der Waals surface area (Å²) in [6, 6.07) is 9.09. The number of hydrogen-bond donors (Lipinski definition) is 2. The quantitative estimate of drug-likeness (QED) is 0.860. The van der Waals surface area contributed by atoms with Crippen LogP contribution in [0.15, 0.2) is 36.5 Å². The van der Waals surface area contributed by atoms with Crippen LogP contribution in [0.3, 0.4) is 0 Å². The molecule has 0 aliphatic rings. The molecule has 0 fully saturated rings. The van der Waals surface area contributed by atoms with Crippen molar-refractivity contribution in [2.75, 3.05) is 26.1 Å². The van der Waals surface area contributed by atoms with Crippen molar-refractivity contribution in [1.29, 1.82) is 0 Å². The molecule has 2 aromatic rings. The Morgan fingerprint density at radius 3 is 2.57 bits per heavy atom. The van der Waals surface area contributed by atoms with Gasteiger partial charge in [-0.05, 0) is 42.7 Å². The van der Waals surface area contributed by atoms with Gasteiger partial charge < -0.3 is 14.8 Å². The van der Waals surface area contributed by atoms with Crippen molar-refractivity contribution in [1.82, 2.24) is 10.3 Å². The summed E-state index contributed by atoms with van der Waals surface area (Å²) < 4.78 is 10.5. The van der Waals surface area contributed by atoms with Crippen LogP contribution in [-0.4, -0.2) is 31.8 Å². The Bertz CT molecular complexity index is 657. The van der Waals surface area contributed by atoms with Gasteiger partial charge in [0.05, 0.1) is 14.2 Å². The fraction of sp³-hybridized carbons (Fsp3) is 0.294. The number of amides is 2. The number of carbonyl (C=O) groups is 1. The van der Waals surface area contributed by atoms with Gasteiger partial charge in [0.25, 0.3) is 0 Å². The molecule has 0 saturated carbocycles.